The van der Waals surface area contributed by atoms with Gasteiger partial charge in [-0.1, -0.05) is 16.8 Å². The number of rotatable bonds is 6. The lowest BCUT2D eigenvalue weighted by Gasteiger charge is -2.25. The van der Waals surface area contributed by atoms with Crippen LogP contribution in [0.25, 0.3) is 11.5 Å². The second-order valence-electron chi connectivity index (χ2n) is 8.03. The Labute approximate surface area is 159 Å². The van der Waals surface area contributed by atoms with E-state index < -0.39 is 0 Å². The third-order valence-corrected chi connectivity index (χ3v) is 6.13. The van der Waals surface area contributed by atoms with E-state index >= 15 is 0 Å². The Morgan fingerprint density at radius 3 is 2.62 bits per heavy atom. The lowest BCUT2D eigenvalue weighted by Crippen LogP contribution is -2.26. The minimum atomic E-state index is 0.393. The van der Waals surface area contributed by atoms with Gasteiger partial charge in [-0.05, 0) is 70.1 Å². The zero-order valence-corrected chi connectivity index (χ0v) is 16.1. The number of aryl methyl sites for hydroxylation is 2. The van der Waals surface area contributed by atoms with Crippen LogP contribution in [0.1, 0.15) is 62.0 Å². The molecular formula is C20H27ClN4O. The molecule has 0 unspecified atom stereocenters. The van der Waals surface area contributed by atoms with Gasteiger partial charge in [0.1, 0.15) is 11.5 Å². The van der Waals surface area contributed by atoms with E-state index in [-0.39, 0.29) is 0 Å². The summed E-state index contributed by atoms with van der Waals surface area (Å²) in [5.74, 6) is 3.05. The second kappa shape index (κ2) is 7.65. The van der Waals surface area contributed by atoms with Crippen LogP contribution in [0.15, 0.2) is 10.7 Å². The highest BCUT2D eigenvalue weighted by Gasteiger charge is 2.28. The molecule has 2 aliphatic carbocycles. The topological polar surface area (TPSA) is 77.8 Å². The number of nitrogens with two attached hydrogens (primary N) is 1. The van der Waals surface area contributed by atoms with Crippen LogP contribution in [0, 0.1) is 18.8 Å². The van der Waals surface area contributed by atoms with Gasteiger partial charge in [0, 0.05) is 24.2 Å². The van der Waals surface area contributed by atoms with Crippen LogP contribution in [0.2, 0.25) is 5.02 Å². The van der Waals surface area contributed by atoms with Gasteiger partial charge in [0.2, 0.25) is 0 Å². The fourth-order valence-electron chi connectivity index (χ4n) is 3.92. The van der Waals surface area contributed by atoms with Gasteiger partial charge in [0.05, 0.1) is 10.7 Å². The van der Waals surface area contributed by atoms with Crippen molar-refractivity contribution in [3.8, 4) is 11.5 Å². The SMILES string of the molecule is Cc1noc(-c2nc(CCC3CCC(N)CC3)ncc2Cl)c1CC1CC1. The van der Waals surface area contributed by atoms with E-state index in [0.29, 0.717) is 16.8 Å². The first kappa shape index (κ1) is 17.9. The minimum Gasteiger partial charge on any atom is -0.354 e. The van der Waals surface area contributed by atoms with Crippen LogP contribution in [-0.4, -0.2) is 21.2 Å². The average Bonchev–Trinajstić information content (AvgIpc) is 3.39. The van der Waals surface area contributed by atoms with Gasteiger partial charge in [0.15, 0.2) is 5.76 Å². The predicted octanol–water partition coefficient (Wildman–Crippen LogP) is 4.50. The van der Waals surface area contributed by atoms with Crippen molar-refractivity contribution in [2.45, 2.75) is 70.8 Å². The molecule has 2 saturated carbocycles. The van der Waals surface area contributed by atoms with E-state index in [1.807, 2.05) is 6.92 Å². The fraction of sp³-hybridized carbons (Fsp3) is 0.650. The summed E-state index contributed by atoms with van der Waals surface area (Å²) in [7, 11) is 0. The maximum Gasteiger partial charge on any atom is 0.190 e. The second-order valence-corrected chi connectivity index (χ2v) is 8.43. The van der Waals surface area contributed by atoms with Crippen molar-refractivity contribution in [1.82, 2.24) is 15.1 Å². The summed E-state index contributed by atoms with van der Waals surface area (Å²) >= 11 is 6.40. The Bertz CT molecular complexity index is 763. The Kier molecular flexibility index (Phi) is 5.28. The number of halogens is 1. The molecule has 0 amide bonds. The quantitative estimate of drug-likeness (QED) is 0.805. The average molecular weight is 375 g/mol. The highest BCUT2D eigenvalue weighted by atomic mass is 35.5. The van der Waals surface area contributed by atoms with E-state index in [0.717, 1.165) is 66.8 Å². The molecule has 0 atom stereocenters. The molecule has 0 aliphatic heterocycles. The van der Waals surface area contributed by atoms with Crippen molar-refractivity contribution in [1.29, 1.82) is 0 Å². The van der Waals surface area contributed by atoms with E-state index in [2.05, 4.69) is 10.1 Å². The van der Waals surface area contributed by atoms with Crippen molar-refractivity contribution in [3.05, 3.63) is 28.3 Å². The van der Waals surface area contributed by atoms with Gasteiger partial charge in [-0.15, -0.1) is 0 Å². The molecular weight excluding hydrogens is 348 g/mol. The first-order chi connectivity index (χ1) is 12.6. The minimum absolute atomic E-state index is 0.393. The standard InChI is InChI=1S/C20H27ClN4O/c1-12-16(10-14-2-3-14)20(26-25-12)19-17(21)11-23-18(24-19)9-6-13-4-7-15(22)8-5-13/h11,13-15H,2-10,22H2,1H3. The predicted molar refractivity (Wildman–Crippen MR) is 102 cm³/mol. The lowest BCUT2D eigenvalue weighted by atomic mass is 9.84. The van der Waals surface area contributed by atoms with Crippen LogP contribution in [0.3, 0.4) is 0 Å². The maximum atomic E-state index is 6.40. The fourth-order valence-corrected chi connectivity index (χ4v) is 4.10. The van der Waals surface area contributed by atoms with Crippen molar-refractivity contribution < 1.29 is 4.52 Å². The molecule has 4 rings (SSSR count). The van der Waals surface area contributed by atoms with E-state index in [1.54, 1.807) is 6.20 Å². The highest BCUT2D eigenvalue weighted by molar-refractivity contribution is 6.32. The van der Waals surface area contributed by atoms with Crippen LogP contribution in [0.4, 0.5) is 0 Å². The summed E-state index contributed by atoms with van der Waals surface area (Å²) in [5, 5.41) is 4.70. The van der Waals surface area contributed by atoms with Crippen LogP contribution in [-0.2, 0) is 12.8 Å². The molecule has 2 N–H and O–H groups in total. The molecule has 0 aromatic carbocycles. The molecule has 2 heterocycles. The van der Waals surface area contributed by atoms with E-state index in [4.69, 9.17) is 26.8 Å². The largest absolute Gasteiger partial charge is 0.354 e. The molecule has 2 aromatic rings. The van der Waals surface area contributed by atoms with Gasteiger partial charge >= 0.3 is 0 Å². The lowest BCUT2D eigenvalue weighted by molar-refractivity contribution is 0.309. The summed E-state index contributed by atoms with van der Waals surface area (Å²) in [4.78, 5) is 9.19. The van der Waals surface area contributed by atoms with Crippen LogP contribution in [0.5, 0.6) is 0 Å². The van der Waals surface area contributed by atoms with Crippen molar-refractivity contribution >= 4 is 11.6 Å². The number of aromatic nitrogens is 3. The van der Waals surface area contributed by atoms with Gasteiger partial charge in [-0.3, -0.25) is 0 Å². The van der Waals surface area contributed by atoms with E-state index in [9.17, 15) is 0 Å². The number of nitrogens with zero attached hydrogens (tertiary/aromatic N) is 3. The summed E-state index contributed by atoms with van der Waals surface area (Å²) in [6.07, 6.45) is 12.0. The van der Waals surface area contributed by atoms with Gasteiger partial charge in [-0.25, -0.2) is 9.97 Å². The molecule has 2 fully saturated rings. The third kappa shape index (κ3) is 4.09. The molecule has 6 heteroatoms. The van der Waals surface area contributed by atoms with Crippen molar-refractivity contribution in [2.75, 3.05) is 0 Å². The first-order valence-corrected chi connectivity index (χ1v) is 10.2. The molecule has 0 saturated heterocycles. The van der Waals surface area contributed by atoms with Gasteiger partial charge in [0.25, 0.3) is 0 Å². The molecule has 2 aliphatic rings. The van der Waals surface area contributed by atoms with Crippen LogP contribution >= 0.6 is 11.6 Å². The normalized spacial score (nSPS) is 23.3. The summed E-state index contributed by atoms with van der Waals surface area (Å²) in [6.45, 7) is 1.99. The first-order valence-electron chi connectivity index (χ1n) is 9.82. The molecule has 0 bridgehead atoms. The molecule has 140 valence electrons. The zero-order chi connectivity index (χ0) is 18.1. The number of hydrogen-bond acceptors (Lipinski definition) is 5. The van der Waals surface area contributed by atoms with E-state index in [1.165, 1.54) is 25.7 Å². The Morgan fingerprint density at radius 1 is 1.15 bits per heavy atom. The van der Waals surface area contributed by atoms with Gasteiger partial charge in [-0.2, -0.15) is 0 Å². The number of hydrogen-bond donors (Lipinski definition) is 1. The summed E-state index contributed by atoms with van der Waals surface area (Å²) in [5.41, 5.74) is 8.80. The maximum absolute atomic E-state index is 6.40. The summed E-state index contributed by atoms with van der Waals surface area (Å²) < 4.78 is 5.61. The molecule has 5 nitrogen and oxygen atoms in total. The Balaban J connectivity index is 1.49. The highest BCUT2D eigenvalue weighted by Crippen LogP contribution is 2.38. The molecule has 0 radical (unpaired) electrons. The molecule has 0 spiro atoms. The Hall–Kier alpha value is -1.46. The molecule has 2 aromatic heterocycles. The zero-order valence-electron chi connectivity index (χ0n) is 15.4. The third-order valence-electron chi connectivity index (χ3n) is 5.85. The van der Waals surface area contributed by atoms with Gasteiger partial charge < -0.3 is 10.3 Å². The van der Waals surface area contributed by atoms with Crippen molar-refractivity contribution in [2.24, 2.45) is 17.6 Å². The van der Waals surface area contributed by atoms with Crippen LogP contribution < -0.4 is 5.73 Å². The monoisotopic (exact) mass is 374 g/mol. The smallest absolute Gasteiger partial charge is 0.190 e. The van der Waals surface area contributed by atoms with Crippen molar-refractivity contribution in [3.63, 3.8) is 0 Å². The Morgan fingerprint density at radius 2 is 1.88 bits per heavy atom. The summed E-state index contributed by atoms with van der Waals surface area (Å²) in [6, 6.07) is 0.393. The molecule has 26 heavy (non-hydrogen) atoms.